The first-order chi connectivity index (χ1) is 7.08. The lowest BCUT2D eigenvalue weighted by Gasteiger charge is -2.29. The van der Waals surface area contributed by atoms with Gasteiger partial charge in [0.25, 0.3) is 0 Å². The van der Waals surface area contributed by atoms with E-state index in [4.69, 9.17) is 5.11 Å². The van der Waals surface area contributed by atoms with Gasteiger partial charge in [-0.3, -0.25) is 4.79 Å². The van der Waals surface area contributed by atoms with Crippen molar-refractivity contribution >= 4 is 12.0 Å². The summed E-state index contributed by atoms with van der Waals surface area (Å²) in [5, 5.41) is 14.1. The van der Waals surface area contributed by atoms with Gasteiger partial charge in [0.1, 0.15) is 0 Å². The van der Waals surface area contributed by atoms with Crippen LogP contribution in [0, 0.1) is 0 Å². The Morgan fingerprint density at radius 3 is 1.88 bits per heavy atom. The fourth-order valence-electron chi connectivity index (χ4n) is 1.16. The summed E-state index contributed by atoms with van der Waals surface area (Å²) in [6.45, 7) is 9.16. The molecule has 0 fully saturated rings. The Labute approximate surface area is 96.6 Å². The van der Waals surface area contributed by atoms with Crippen molar-refractivity contribution < 1.29 is 14.7 Å². The van der Waals surface area contributed by atoms with Crippen LogP contribution >= 0.6 is 0 Å². The number of carbonyl (C=O) groups is 2. The Balaban J connectivity index is 4.29. The number of amides is 2. The van der Waals surface area contributed by atoms with Gasteiger partial charge < -0.3 is 15.7 Å². The Bertz CT molecular complexity index is 272. The monoisotopic (exact) mass is 230 g/mol. The number of rotatable bonds is 5. The molecule has 0 aliphatic rings. The number of carboxylic acid groups (broad SMARTS) is 1. The van der Waals surface area contributed by atoms with E-state index in [9.17, 15) is 9.59 Å². The number of hydrogen-bond acceptors (Lipinski definition) is 2. The summed E-state index contributed by atoms with van der Waals surface area (Å²) in [4.78, 5) is 22.2. The molecular weight excluding hydrogens is 208 g/mol. The molecule has 5 heteroatoms. The number of aliphatic carboxylic acids is 1. The molecule has 16 heavy (non-hydrogen) atoms. The Kier molecular flexibility index (Phi) is 4.78. The summed E-state index contributed by atoms with van der Waals surface area (Å²) in [5.74, 6) is -0.931. The van der Waals surface area contributed by atoms with Crippen molar-refractivity contribution in [3.63, 3.8) is 0 Å². The molecule has 0 saturated carbocycles. The first kappa shape index (κ1) is 14.7. The maximum atomic E-state index is 11.6. The number of carbonyl (C=O) groups excluding carboxylic acids is 1. The lowest BCUT2D eigenvalue weighted by molar-refractivity contribution is -0.138. The second-order valence-corrected chi connectivity index (χ2v) is 5.27. The predicted molar refractivity (Wildman–Crippen MR) is 62.4 cm³/mol. The number of hydrogen-bond donors (Lipinski definition) is 3. The van der Waals surface area contributed by atoms with Gasteiger partial charge in [0, 0.05) is 11.1 Å². The largest absolute Gasteiger partial charge is 0.481 e. The zero-order valence-corrected chi connectivity index (χ0v) is 10.7. The van der Waals surface area contributed by atoms with Crippen molar-refractivity contribution in [3.8, 4) is 0 Å². The molecule has 0 aromatic rings. The van der Waals surface area contributed by atoms with Crippen LogP contribution in [0.15, 0.2) is 0 Å². The quantitative estimate of drug-likeness (QED) is 0.673. The smallest absolute Gasteiger partial charge is 0.315 e. The first-order valence-electron chi connectivity index (χ1n) is 5.40. The lowest BCUT2D eigenvalue weighted by Crippen LogP contribution is -2.54. The SMILES string of the molecule is CCC(C)(C)NC(=O)NC(C)(C)CC(=O)O. The van der Waals surface area contributed by atoms with E-state index < -0.39 is 11.5 Å². The summed E-state index contributed by atoms with van der Waals surface area (Å²) in [6, 6.07) is -0.335. The predicted octanol–water partition coefficient (Wildman–Crippen LogP) is 1.73. The van der Waals surface area contributed by atoms with Gasteiger partial charge in [-0.25, -0.2) is 4.79 Å². The third-order valence-electron chi connectivity index (χ3n) is 2.38. The summed E-state index contributed by atoms with van der Waals surface area (Å²) >= 11 is 0. The Morgan fingerprint density at radius 2 is 1.50 bits per heavy atom. The molecule has 0 rings (SSSR count). The van der Waals surface area contributed by atoms with Crippen LogP contribution in [-0.2, 0) is 4.79 Å². The van der Waals surface area contributed by atoms with Gasteiger partial charge in [0.15, 0.2) is 0 Å². The zero-order chi connectivity index (χ0) is 13.0. The molecule has 0 aliphatic carbocycles. The molecule has 0 heterocycles. The van der Waals surface area contributed by atoms with Crippen LogP contribution in [0.2, 0.25) is 0 Å². The van der Waals surface area contributed by atoms with E-state index >= 15 is 0 Å². The van der Waals surface area contributed by atoms with Crippen LogP contribution in [0.25, 0.3) is 0 Å². The lowest BCUT2D eigenvalue weighted by atomic mass is 10.0. The summed E-state index contributed by atoms with van der Waals surface area (Å²) in [5.41, 5.74) is -1.04. The van der Waals surface area contributed by atoms with Gasteiger partial charge >= 0.3 is 12.0 Å². The van der Waals surface area contributed by atoms with Crippen molar-refractivity contribution in [2.75, 3.05) is 0 Å². The minimum atomic E-state index is -0.931. The standard InChI is InChI=1S/C11H22N2O3/c1-6-10(2,3)12-9(16)13-11(4,5)7-8(14)15/h6-7H2,1-5H3,(H,14,15)(H2,12,13,16). The summed E-state index contributed by atoms with van der Waals surface area (Å²) in [7, 11) is 0. The van der Waals surface area contributed by atoms with Crippen LogP contribution < -0.4 is 10.6 Å². The summed E-state index contributed by atoms with van der Waals surface area (Å²) < 4.78 is 0. The van der Waals surface area contributed by atoms with E-state index in [-0.39, 0.29) is 18.0 Å². The molecule has 0 aromatic carbocycles. The number of urea groups is 1. The van der Waals surface area contributed by atoms with E-state index in [1.165, 1.54) is 0 Å². The van der Waals surface area contributed by atoms with Crippen LogP contribution in [0.1, 0.15) is 47.5 Å². The molecule has 0 radical (unpaired) electrons. The average molecular weight is 230 g/mol. The molecule has 5 nitrogen and oxygen atoms in total. The highest BCUT2D eigenvalue weighted by Crippen LogP contribution is 2.10. The highest BCUT2D eigenvalue weighted by Gasteiger charge is 2.26. The topological polar surface area (TPSA) is 78.4 Å². The van der Waals surface area contributed by atoms with Gasteiger partial charge in [0.05, 0.1) is 6.42 Å². The van der Waals surface area contributed by atoms with E-state index in [2.05, 4.69) is 10.6 Å². The van der Waals surface area contributed by atoms with Crippen LogP contribution in [0.3, 0.4) is 0 Å². The normalized spacial score (nSPS) is 12.1. The maximum Gasteiger partial charge on any atom is 0.315 e. The number of carboxylic acids is 1. The van der Waals surface area contributed by atoms with Crippen LogP contribution in [0.4, 0.5) is 4.79 Å². The molecule has 2 amide bonds. The fourth-order valence-corrected chi connectivity index (χ4v) is 1.16. The molecule has 0 aromatic heterocycles. The van der Waals surface area contributed by atoms with Gasteiger partial charge in [-0.1, -0.05) is 6.92 Å². The van der Waals surface area contributed by atoms with E-state index in [0.29, 0.717) is 0 Å². The van der Waals surface area contributed by atoms with Crippen LogP contribution in [0.5, 0.6) is 0 Å². The maximum absolute atomic E-state index is 11.6. The molecule has 0 atom stereocenters. The molecule has 94 valence electrons. The second-order valence-electron chi connectivity index (χ2n) is 5.27. The van der Waals surface area contributed by atoms with Crippen molar-refractivity contribution in [3.05, 3.63) is 0 Å². The minimum absolute atomic E-state index is 0.104. The molecule has 0 saturated heterocycles. The molecule has 0 unspecified atom stereocenters. The molecule has 0 aliphatic heterocycles. The molecule has 0 spiro atoms. The van der Waals surface area contributed by atoms with E-state index in [1.807, 2.05) is 20.8 Å². The molecular formula is C11H22N2O3. The van der Waals surface area contributed by atoms with E-state index in [1.54, 1.807) is 13.8 Å². The zero-order valence-electron chi connectivity index (χ0n) is 10.7. The highest BCUT2D eigenvalue weighted by molar-refractivity contribution is 5.77. The fraction of sp³-hybridized carbons (Fsp3) is 0.818. The highest BCUT2D eigenvalue weighted by atomic mass is 16.4. The Morgan fingerprint density at radius 1 is 1.06 bits per heavy atom. The van der Waals surface area contributed by atoms with Crippen molar-refractivity contribution in [2.45, 2.75) is 58.5 Å². The first-order valence-corrected chi connectivity index (χ1v) is 5.40. The van der Waals surface area contributed by atoms with Crippen molar-refractivity contribution in [1.82, 2.24) is 10.6 Å². The average Bonchev–Trinajstić information content (AvgIpc) is 1.98. The van der Waals surface area contributed by atoms with Crippen molar-refractivity contribution in [1.29, 1.82) is 0 Å². The van der Waals surface area contributed by atoms with E-state index in [0.717, 1.165) is 6.42 Å². The van der Waals surface area contributed by atoms with Gasteiger partial charge in [0.2, 0.25) is 0 Å². The van der Waals surface area contributed by atoms with Crippen molar-refractivity contribution in [2.24, 2.45) is 0 Å². The third kappa shape index (κ3) is 6.27. The third-order valence-corrected chi connectivity index (χ3v) is 2.38. The second kappa shape index (κ2) is 5.18. The van der Waals surface area contributed by atoms with Gasteiger partial charge in [-0.05, 0) is 34.1 Å². The Hall–Kier alpha value is -1.26. The van der Waals surface area contributed by atoms with Crippen LogP contribution in [-0.4, -0.2) is 28.2 Å². The minimum Gasteiger partial charge on any atom is -0.481 e. The van der Waals surface area contributed by atoms with Gasteiger partial charge in [-0.15, -0.1) is 0 Å². The molecule has 0 bridgehead atoms. The van der Waals surface area contributed by atoms with Gasteiger partial charge in [-0.2, -0.15) is 0 Å². The number of nitrogens with one attached hydrogen (secondary N) is 2. The summed E-state index contributed by atoms with van der Waals surface area (Å²) in [6.07, 6.45) is 0.701. The molecule has 3 N–H and O–H groups in total.